The Hall–Kier alpha value is -0.190. The summed E-state index contributed by atoms with van der Waals surface area (Å²) in [4.78, 5) is 4.13. The van der Waals surface area contributed by atoms with Gasteiger partial charge in [-0.15, -0.1) is 12.4 Å². The minimum Gasteiger partial charge on any atom is -0.329 e. The molecule has 0 saturated carbocycles. The van der Waals surface area contributed by atoms with Crippen LogP contribution in [0.25, 0.3) is 0 Å². The van der Waals surface area contributed by atoms with Gasteiger partial charge in [-0.3, -0.25) is 0 Å². The lowest BCUT2D eigenvalue weighted by Gasteiger charge is -2.06. The van der Waals surface area contributed by atoms with Gasteiger partial charge in [0.1, 0.15) is 0 Å². The molecule has 1 rings (SSSR count). The van der Waals surface area contributed by atoms with Gasteiger partial charge in [0.05, 0.1) is 5.37 Å². The van der Waals surface area contributed by atoms with Crippen molar-refractivity contribution in [3.63, 3.8) is 0 Å². The molecule has 0 aliphatic heterocycles. The van der Waals surface area contributed by atoms with E-state index in [0.29, 0.717) is 0 Å². The molecule has 0 unspecified atom stereocenters. The molecule has 2 N–H and O–H groups in total. The van der Waals surface area contributed by atoms with E-state index in [4.69, 9.17) is 5.73 Å². The summed E-state index contributed by atoms with van der Waals surface area (Å²) in [6.45, 7) is 1.95. The number of hydrogen-bond acceptors (Lipinski definition) is 3. The number of hydrogen-bond donors (Lipinski definition) is 1. The lowest BCUT2D eigenvalue weighted by atomic mass is 10.5. The maximum atomic E-state index is 5.69. The Balaban J connectivity index is 0.00000121. The first-order valence-corrected chi connectivity index (χ1v) is 4.31. The van der Waals surface area contributed by atoms with Gasteiger partial charge in [0.15, 0.2) is 5.16 Å². The number of aromatic nitrogens is 2. The van der Waals surface area contributed by atoms with Crippen molar-refractivity contribution in [2.24, 2.45) is 12.8 Å². The van der Waals surface area contributed by atoms with Crippen LogP contribution in [-0.2, 0) is 7.05 Å². The fourth-order valence-corrected chi connectivity index (χ4v) is 1.38. The van der Waals surface area contributed by atoms with Gasteiger partial charge in [-0.25, -0.2) is 4.98 Å². The summed E-state index contributed by atoms with van der Waals surface area (Å²) in [6.07, 6.45) is 5.62. The lowest BCUT2D eigenvalue weighted by Crippen LogP contribution is -2.14. The van der Waals surface area contributed by atoms with E-state index in [1.807, 2.05) is 31.2 Å². The second kappa shape index (κ2) is 5.45. The first-order chi connectivity index (χ1) is 5.24. The fraction of sp³-hybridized carbons (Fsp3) is 0.429. The maximum Gasteiger partial charge on any atom is 0.169 e. The van der Waals surface area contributed by atoms with Crippen molar-refractivity contribution >= 4 is 24.2 Å². The molecule has 0 aromatic carbocycles. The van der Waals surface area contributed by atoms with Crippen LogP contribution in [0.1, 0.15) is 6.92 Å². The molecule has 12 heavy (non-hydrogen) atoms. The molecule has 0 saturated heterocycles. The topological polar surface area (TPSA) is 43.8 Å². The van der Waals surface area contributed by atoms with Crippen molar-refractivity contribution in [2.45, 2.75) is 17.5 Å². The van der Waals surface area contributed by atoms with Crippen LogP contribution in [0.2, 0.25) is 0 Å². The molecule has 1 radical (unpaired) electrons. The summed E-state index contributed by atoms with van der Waals surface area (Å²) in [5.74, 6) is 0. The van der Waals surface area contributed by atoms with E-state index < -0.39 is 0 Å². The smallest absolute Gasteiger partial charge is 0.169 e. The molecule has 1 atom stereocenters. The number of aryl methyl sites for hydroxylation is 1. The first-order valence-electron chi connectivity index (χ1n) is 3.43. The third-order valence-corrected chi connectivity index (χ3v) is 2.50. The number of thioether (sulfide) groups is 1. The molecular formula is C7H13ClN3S. The Kier molecular flexibility index (Phi) is 5.37. The highest BCUT2D eigenvalue weighted by molar-refractivity contribution is 7.99. The predicted octanol–water partition coefficient (Wildman–Crippen LogP) is 1.44. The molecule has 5 heteroatoms. The molecule has 3 nitrogen and oxygen atoms in total. The van der Waals surface area contributed by atoms with Gasteiger partial charge in [0.2, 0.25) is 0 Å². The molecule has 69 valence electrons. The molecular weight excluding hydrogens is 194 g/mol. The SMILES string of the molecule is C[CH][C@H](N)Sc1nccn1C.Cl. The maximum absolute atomic E-state index is 5.69. The number of nitrogens with zero attached hydrogens (tertiary/aromatic N) is 2. The Labute approximate surface area is 83.1 Å². The van der Waals surface area contributed by atoms with Gasteiger partial charge in [0, 0.05) is 19.4 Å². The van der Waals surface area contributed by atoms with Crippen molar-refractivity contribution in [1.82, 2.24) is 9.55 Å². The predicted molar refractivity (Wildman–Crippen MR) is 54.3 cm³/mol. The van der Waals surface area contributed by atoms with Gasteiger partial charge in [0.25, 0.3) is 0 Å². The molecule has 1 heterocycles. The number of imidazole rings is 1. The Morgan fingerprint density at radius 1 is 1.75 bits per heavy atom. The van der Waals surface area contributed by atoms with E-state index in [1.54, 1.807) is 18.0 Å². The molecule has 0 bridgehead atoms. The van der Waals surface area contributed by atoms with Crippen molar-refractivity contribution in [3.05, 3.63) is 18.8 Å². The second-order valence-corrected chi connectivity index (χ2v) is 3.38. The largest absolute Gasteiger partial charge is 0.329 e. The van der Waals surface area contributed by atoms with Crippen molar-refractivity contribution in [1.29, 1.82) is 0 Å². The fourth-order valence-electron chi connectivity index (χ4n) is 0.655. The highest BCUT2D eigenvalue weighted by atomic mass is 35.5. The van der Waals surface area contributed by atoms with Gasteiger partial charge >= 0.3 is 0 Å². The molecule has 0 aliphatic carbocycles. The van der Waals surface area contributed by atoms with Crippen LogP contribution < -0.4 is 5.73 Å². The van der Waals surface area contributed by atoms with Crippen molar-refractivity contribution in [3.8, 4) is 0 Å². The Morgan fingerprint density at radius 3 is 2.83 bits per heavy atom. The summed E-state index contributed by atoms with van der Waals surface area (Å²) in [5.41, 5.74) is 5.69. The number of nitrogens with two attached hydrogens (primary N) is 1. The van der Waals surface area contributed by atoms with Crippen LogP contribution in [0, 0.1) is 6.42 Å². The zero-order chi connectivity index (χ0) is 8.27. The van der Waals surface area contributed by atoms with Crippen LogP contribution in [-0.4, -0.2) is 14.9 Å². The van der Waals surface area contributed by atoms with E-state index in [0.717, 1.165) is 5.16 Å². The zero-order valence-electron chi connectivity index (χ0n) is 7.10. The Morgan fingerprint density at radius 2 is 2.42 bits per heavy atom. The summed E-state index contributed by atoms with van der Waals surface area (Å²) in [5, 5.41) is 0.992. The summed E-state index contributed by atoms with van der Waals surface area (Å²) >= 11 is 1.55. The summed E-state index contributed by atoms with van der Waals surface area (Å²) < 4.78 is 1.95. The molecule has 0 spiro atoms. The molecule has 1 aromatic heterocycles. The number of rotatable bonds is 3. The average molecular weight is 207 g/mol. The van der Waals surface area contributed by atoms with Crippen molar-refractivity contribution in [2.75, 3.05) is 0 Å². The normalized spacial score (nSPS) is 12.2. The lowest BCUT2D eigenvalue weighted by molar-refractivity contribution is 0.786. The van der Waals surface area contributed by atoms with Crippen LogP contribution in [0.15, 0.2) is 17.6 Å². The average Bonchev–Trinajstić information content (AvgIpc) is 2.37. The zero-order valence-corrected chi connectivity index (χ0v) is 8.73. The molecule has 0 fully saturated rings. The molecule has 1 aromatic rings. The van der Waals surface area contributed by atoms with Crippen LogP contribution >= 0.6 is 24.2 Å². The first kappa shape index (κ1) is 11.8. The minimum absolute atomic E-state index is 0. The van der Waals surface area contributed by atoms with E-state index in [1.165, 1.54) is 0 Å². The van der Waals surface area contributed by atoms with Crippen LogP contribution in [0.3, 0.4) is 0 Å². The van der Waals surface area contributed by atoms with E-state index in [2.05, 4.69) is 4.98 Å². The second-order valence-electron chi connectivity index (χ2n) is 2.24. The number of halogens is 1. The minimum atomic E-state index is 0. The standard InChI is InChI=1S/C7H12N3S.ClH/c1-3-6(8)11-7-9-4-5-10(7)2;/h3-6H,8H2,1-2H3;1H/t6-;/m1./s1. The van der Waals surface area contributed by atoms with E-state index in [-0.39, 0.29) is 17.8 Å². The quantitative estimate of drug-likeness (QED) is 0.602. The summed E-state index contributed by atoms with van der Waals surface area (Å²) in [6, 6.07) is 0. The van der Waals surface area contributed by atoms with E-state index >= 15 is 0 Å². The highest BCUT2D eigenvalue weighted by Gasteiger charge is 2.05. The van der Waals surface area contributed by atoms with E-state index in [9.17, 15) is 0 Å². The van der Waals surface area contributed by atoms with Crippen LogP contribution in [0.4, 0.5) is 0 Å². The molecule has 0 aliphatic rings. The summed E-state index contributed by atoms with van der Waals surface area (Å²) in [7, 11) is 1.96. The third kappa shape index (κ3) is 3.05. The van der Waals surface area contributed by atoms with Gasteiger partial charge in [-0.2, -0.15) is 0 Å². The van der Waals surface area contributed by atoms with Gasteiger partial charge in [-0.1, -0.05) is 18.7 Å². The van der Waals surface area contributed by atoms with Gasteiger partial charge in [-0.05, 0) is 6.42 Å². The molecule has 0 amide bonds. The van der Waals surface area contributed by atoms with Crippen LogP contribution in [0.5, 0.6) is 0 Å². The van der Waals surface area contributed by atoms with Gasteiger partial charge < -0.3 is 10.3 Å². The third-order valence-electron chi connectivity index (χ3n) is 1.35. The highest BCUT2D eigenvalue weighted by Crippen LogP contribution is 2.18. The Bertz CT molecular complexity index is 226. The monoisotopic (exact) mass is 206 g/mol. The van der Waals surface area contributed by atoms with Crippen molar-refractivity contribution < 1.29 is 0 Å².